The number of pyridine rings is 3. The van der Waals surface area contributed by atoms with Gasteiger partial charge < -0.3 is 4.98 Å². The van der Waals surface area contributed by atoms with Crippen molar-refractivity contribution in [3.05, 3.63) is 71.6 Å². The maximum Gasteiger partial charge on any atom is 0.169 e. The molecular formula is C29H25N7OS. The van der Waals surface area contributed by atoms with Crippen LogP contribution >= 0.6 is 11.3 Å². The smallest absolute Gasteiger partial charge is 0.169 e. The molecule has 6 aromatic heterocycles. The molecule has 0 atom stereocenters. The first-order chi connectivity index (χ1) is 18.6. The van der Waals surface area contributed by atoms with E-state index in [-0.39, 0.29) is 5.78 Å². The zero-order chi connectivity index (χ0) is 25.6. The van der Waals surface area contributed by atoms with Crippen LogP contribution in [0.25, 0.3) is 55.0 Å². The first-order valence-corrected chi connectivity index (χ1v) is 13.5. The Morgan fingerprint density at radius 1 is 1.00 bits per heavy atom. The van der Waals surface area contributed by atoms with Crippen molar-refractivity contribution in [2.75, 3.05) is 13.1 Å². The van der Waals surface area contributed by atoms with Gasteiger partial charge >= 0.3 is 0 Å². The number of aromatic nitrogens is 6. The van der Waals surface area contributed by atoms with E-state index in [4.69, 9.17) is 4.98 Å². The topological polar surface area (TPSA) is 103 Å². The van der Waals surface area contributed by atoms with Crippen molar-refractivity contribution < 1.29 is 4.79 Å². The second-order valence-electron chi connectivity index (χ2n) is 9.78. The van der Waals surface area contributed by atoms with E-state index in [2.05, 4.69) is 42.2 Å². The molecule has 0 bridgehead atoms. The molecule has 0 aromatic carbocycles. The highest BCUT2D eigenvalue weighted by atomic mass is 32.1. The summed E-state index contributed by atoms with van der Waals surface area (Å²) in [6, 6.07) is 12.2. The molecule has 0 aliphatic carbocycles. The number of aromatic amines is 2. The van der Waals surface area contributed by atoms with E-state index in [1.807, 2.05) is 49.1 Å². The van der Waals surface area contributed by atoms with Crippen molar-refractivity contribution in [1.29, 1.82) is 0 Å². The molecule has 8 nitrogen and oxygen atoms in total. The summed E-state index contributed by atoms with van der Waals surface area (Å²) in [4.78, 5) is 33.5. The molecule has 38 heavy (non-hydrogen) atoms. The van der Waals surface area contributed by atoms with E-state index in [0.717, 1.165) is 79.5 Å². The van der Waals surface area contributed by atoms with Crippen molar-refractivity contribution in [3.63, 3.8) is 0 Å². The predicted molar refractivity (Wildman–Crippen MR) is 150 cm³/mol. The third kappa shape index (κ3) is 4.09. The lowest BCUT2D eigenvalue weighted by Gasteiger charge is -2.14. The van der Waals surface area contributed by atoms with Crippen molar-refractivity contribution in [1.82, 2.24) is 35.0 Å². The summed E-state index contributed by atoms with van der Waals surface area (Å²) in [5, 5.41) is 8.76. The molecule has 1 aliphatic heterocycles. The monoisotopic (exact) mass is 519 g/mol. The number of carbonyl (C=O) groups is 1. The summed E-state index contributed by atoms with van der Waals surface area (Å²) in [7, 11) is 0. The van der Waals surface area contributed by atoms with Gasteiger partial charge in [-0.05, 0) is 74.8 Å². The minimum Gasteiger partial charge on any atom is -0.352 e. The van der Waals surface area contributed by atoms with Gasteiger partial charge in [0.25, 0.3) is 0 Å². The Bertz CT molecular complexity index is 1810. The molecule has 0 saturated carbocycles. The van der Waals surface area contributed by atoms with E-state index >= 15 is 0 Å². The number of hydrogen-bond donors (Lipinski definition) is 2. The quantitative estimate of drug-likeness (QED) is 0.258. The molecule has 9 heteroatoms. The summed E-state index contributed by atoms with van der Waals surface area (Å²) in [5.74, 6) is 0.0674. The number of ketones is 1. The van der Waals surface area contributed by atoms with Gasteiger partial charge in [-0.3, -0.25) is 24.8 Å². The first kappa shape index (κ1) is 22.9. The van der Waals surface area contributed by atoms with Gasteiger partial charge in [-0.1, -0.05) is 0 Å². The largest absolute Gasteiger partial charge is 0.352 e. The molecule has 0 spiro atoms. The molecule has 0 amide bonds. The lowest BCUT2D eigenvalue weighted by atomic mass is 10.1. The lowest BCUT2D eigenvalue weighted by Crippen LogP contribution is -2.18. The van der Waals surface area contributed by atoms with Crippen LogP contribution in [0.2, 0.25) is 0 Å². The molecule has 6 aromatic rings. The molecule has 188 valence electrons. The number of nitrogens with one attached hydrogen (secondary N) is 2. The van der Waals surface area contributed by atoms with Crippen LogP contribution in [0.4, 0.5) is 0 Å². The van der Waals surface area contributed by atoms with Gasteiger partial charge in [0.1, 0.15) is 11.2 Å². The number of likely N-dealkylation sites (tertiary alicyclic amines) is 1. The van der Waals surface area contributed by atoms with Gasteiger partial charge in [-0.15, -0.1) is 11.3 Å². The van der Waals surface area contributed by atoms with Crippen molar-refractivity contribution >= 4 is 39.1 Å². The van der Waals surface area contributed by atoms with Crippen LogP contribution < -0.4 is 0 Å². The Hall–Kier alpha value is -4.21. The Labute approximate surface area is 222 Å². The minimum absolute atomic E-state index is 0.0674. The van der Waals surface area contributed by atoms with Crippen LogP contribution in [-0.4, -0.2) is 53.9 Å². The summed E-state index contributed by atoms with van der Waals surface area (Å²) in [5.41, 5.74) is 8.22. The second-order valence-corrected chi connectivity index (χ2v) is 10.9. The normalized spacial score (nSPS) is 14.1. The van der Waals surface area contributed by atoms with Gasteiger partial charge in [0.05, 0.1) is 33.5 Å². The Morgan fingerprint density at radius 2 is 1.87 bits per heavy atom. The zero-order valence-electron chi connectivity index (χ0n) is 20.9. The van der Waals surface area contributed by atoms with E-state index in [0.29, 0.717) is 0 Å². The molecule has 1 aliphatic rings. The Balaban J connectivity index is 1.27. The highest BCUT2D eigenvalue weighted by molar-refractivity contribution is 7.17. The van der Waals surface area contributed by atoms with Crippen LogP contribution in [0.15, 0.2) is 61.2 Å². The van der Waals surface area contributed by atoms with E-state index in [1.54, 1.807) is 6.92 Å². The lowest BCUT2D eigenvalue weighted by molar-refractivity contribution is 0.102. The molecule has 1 fully saturated rings. The summed E-state index contributed by atoms with van der Waals surface area (Å²) < 4.78 is 0. The molecular weight excluding hydrogens is 494 g/mol. The fourth-order valence-corrected chi connectivity index (χ4v) is 6.13. The molecule has 7 rings (SSSR count). The maximum absolute atomic E-state index is 11.8. The SMILES string of the molecule is CC(=O)c1ccc(-c2cncc3[nH]c(-c4n[nH]c5ccc(-c6cncc(CN7CCCC7)c6)nc45)cc23)s1. The number of carbonyl (C=O) groups excluding carboxylic acids is 1. The van der Waals surface area contributed by atoms with Crippen molar-refractivity contribution in [2.45, 2.75) is 26.3 Å². The fraction of sp³-hybridized carbons (Fsp3) is 0.207. The number of nitrogens with zero attached hydrogens (tertiary/aromatic N) is 5. The third-order valence-electron chi connectivity index (χ3n) is 7.12. The van der Waals surface area contributed by atoms with Gasteiger partial charge in [0.2, 0.25) is 0 Å². The molecule has 1 saturated heterocycles. The maximum atomic E-state index is 11.8. The number of hydrogen-bond acceptors (Lipinski definition) is 7. The first-order valence-electron chi connectivity index (χ1n) is 12.7. The predicted octanol–water partition coefficient (Wildman–Crippen LogP) is 6.09. The number of rotatable bonds is 6. The Morgan fingerprint density at radius 3 is 2.71 bits per heavy atom. The fourth-order valence-electron chi connectivity index (χ4n) is 5.21. The second kappa shape index (κ2) is 9.27. The molecule has 0 unspecified atom stereocenters. The number of thiophene rings is 1. The van der Waals surface area contributed by atoms with Gasteiger partial charge in [0.15, 0.2) is 5.78 Å². The van der Waals surface area contributed by atoms with Crippen LogP contribution in [-0.2, 0) is 6.54 Å². The van der Waals surface area contributed by atoms with Crippen LogP contribution in [0.5, 0.6) is 0 Å². The van der Waals surface area contributed by atoms with E-state index < -0.39 is 0 Å². The van der Waals surface area contributed by atoms with Crippen molar-refractivity contribution in [3.8, 4) is 33.1 Å². The van der Waals surface area contributed by atoms with Gasteiger partial charge in [0, 0.05) is 46.5 Å². The molecule has 7 heterocycles. The molecule has 0 radical (unpaired) electrons. The highest BCUT2D eigenvalue weighted by Crippen LogP contribution is 2.36. The summed E-state index contributed by atoms with van der Waals surface area (Å²) >= 11 is 1.48. The number of Topliss-reactive ketones (excluding diaryl/α,β-unsaturated/α-hetero) is 1. The van der Waals surface area contributed by atoms with Crippen LogP contribution in [0.3, 0.4) is 0 Å². The zero-order valence-corrected chi connectivity index (χ0v) is 21.7. The highest BCUT2D eigenvalue weighted by Gasteiger charge is 2.17. The van der Waals surface area contributed by atoms with Crippen LogP contribution in [0, 0.1) is 0 Å². The minimum atomic E-state index is 0.0674. The van der Waals surface area contributed by atoms with Gasteiger partial charge in [-0.25, -0.2) is 4.98 Å². The third-order valence-corrected chi connectivity index (χ3v) is 8.34. The van der Waals surface area contributed by atoms with Crippen LogP contribution in [0.1, 0.15) is 35.0 Å². The molecule has 2 N–H and O–H groups in total. The average molecular weight is 520 g/mol. The average Bonchev–Trinajstić information content (AvgIpc) is 3.74. The summed E-state index contributed by atoms with van der Waals surface area (Å²) in [6.07, 6.45) is 10.0. The standard InChI is InChI=1S/C29H25N7OS/c1-17(37)26-6-7-27(38-26)21-14-31-15-25-20(21)11-24(32-25)29-28-23(34-35-29)5-4-22(33-28)19-10-18(12-30-13-19)16-36-8-2-3-9-36/h4-7,10-15,32H,2-3,8-9,16H2,1H3,(H,34,35). The summed E-state index contributed by atoms with van der Waals surface area (Å²) in [6.45, 7) is 4.81. The number of fused-ring (bicyclic) bond motifs is 2. The van der Waals surface area contributed by atoms with E-state index in [1.165, 1.54) is 29.7 Å². The van der Waals surface area contributed by atoms with Gasteiger partial charge in [-0.2, -0.15) is 5.10 Å². The number of H-pyrrole nitrogens is 2. The van der Waals surface area contributed by atoms with E-state index in [9.17, 15) is 4.79 Å². The van der Waals surface area contributed by atoms with Crippen molar-refractivity contribution in [2.24, 2.45) is 0 Å². The Kier molecular flexibility index (Phi) is 5.60.